The third-order valence-electron chi connectivity index (χ3n) is 3.88. The standard InChI is InChI=1S/C15H22F2N2O/c1-10-6-15(17)13(7-14(10)16)11(2)19-4-5-20-12(9-19)8-18-3/h6-7,11-12,18H,4-5,8-9H2,1-3H3. The van der Waals surface area contributed by atoms with Gasteiger partial charge in [0.15, 0.2) is 0 Å². The fourth-order valence-corrected chi connectivity index (χ4v) is 2.62. The third kappa shape index (κ3) is 3.34. The molecule has 2 rings (SSSR count). The molecule has 1 aromatic rings. The van der Waals surface area contributed by atoms with Crippen LogP contribution in [0, 0.1) is 18.6 Å². The SMILES string of the molecule is CNCC1CN(C(C)c2cc(F)c(C)cc2F)CCO1. The van der Waals surface area contributed by atoms with E-state index in [-0.39, 0.29) is 23.8 Å². The number of halogens is 2. The molecule has 2 atom stereocenters. The molecule has 20 heavy (non-hydrogen) atoms. The number of nitrogens with zero attached hydrogens (tertiary/aromatic N) is 1. The average Bonchev–Trinajstić information content (AvgIpc) is 2.43. The summed E-state index contributed by atoms with van der Waals surface area (Å²) in [4.78, 5) is 2.14. The molecular formula is C15H22F2N2O. The highest BCUT2D eigenvalue weighted by Gasteiger charge is 2.26. The zero-order chi connectivity index (χ0) is 14.7. The second-order valence-corrected chi connectivity index (χ2v) is 5.34. The van der Waals surface area contributed by atoms with Crippen LogP contribution in [0.3, 0.4) is 0 Å². The third-order valence-corrected chi connectivity index (χ3v) is 3.88. The molecule has 0 bridgehead atoms. The molecule has 1 aliphatic rings. The zero-order valence-electron chi connectivity index (χ0n) is 12.2. The lowest BCUT2D eigenvalue weighted by atomic mass is 10.0. The van der Waals surface area contributed by atoms with Crippen molar-refractivity contribution in [2.75, 3.05) is 33.3 Å². The molecule has 1 N–H and O–H groups in total. The number of likely N-dealkylation sites (N-methyl/N-ethyl adjacent to an activating group) is 1. The van der Waals surface area contributed by atoms with E-state index in [9.17, 15) is 8.78 Å². The lowest BCUT2D eigenvalue weighted by Crippen LogP contribution is -2.47. The number of aryl methyl sites for hydroxylation is 1. The number of ether oxygens (including phenoxy) is 1. The van der Waals surface area contributed by atoms with Crippen molar-refractivity contribution in [2.24, 2.45) is 0 Å². The molecule has 5 heteroatoms. The van der Waals surface area contributed by atoms with Crippen molar-refractivity contribution >= 4 is 0 Å². The summed E-state index contributed by atoms with van der Waals surface area (Å²) in [5, 5.41) is 3.08. The predicted octanol–water partition coefficient (Wildman–Crippen LogP) is 2.25. The van der Waals surface area contributed by atoms with Crippen molar-refractivity contribution in [1.82, 2.24) is 10.2 Å². The molecule has 3 nitrogen and oxygen atoms in total. The van der Waals surface area contributed by atoms with Crippen LogP contribution in [0.15, 0.2) is 12.1 Å². The summed E-state index contributed by atoms with van der Waals surface area (Å²) in [5.74, 6) is -0.693. The summed E-state index contributed by atoms with van der Waals surface area (Å²) in [6, 6.07) is 2.43. The van der Waals surface area contributed by atoms with Crippen LogP contribution >= 0.6 is 0 Å². The van der Waals surface area contributed by atoms with Gasteiger partial charge in [-0.25, -0.2) is 8.78 Å². The highest BCUT2D eigenvalue weighted by molar-refractivity contribution is 5.27. The molecule has 2 unspecified atom stereocenters. The maximum atomic E-state index is 14.0. The molecule has 0 amide bonds. The van der Waals surface area contributed by atoms with Gasteiger partial charge in [-0.15, -0.1) is 0 Å². The maximum absolute atomic E-state index is 14.0. The van der Waals surface area contributed by atoms with Gasteiger partial charge in [0, 0.05) is 31.2 Å². The van der Waals surface area contributed by atoms with E-state index < -0.39 is 0 Å². The maximum Gasteiger partial charge on any atom is 0.128 e. The van der Waals surface area contributed by atoms with Crippen LogP contribution in [0.2, 0.25) is 0 Å². The van der Waals surface area contributed by atoms with Gasteiger partial charge in [0.05, 0.1) is 12.7 Å². The Hall–Kier alpha value is -1.04. The number of rotatable bonds is 4. The Morgan fingerprint density at radius 3 is 2.85 bits per heavy atom. The van der Waals surface area contributed by atoms with Crippen molar-refractivity contribution in [3.63, 3.8) is 0 Å². The summed E-state index contributed by atoms with van der Waals surface area (Å²) in [7, 11) is 1.88. The number of hydrogen-bond acceptors (Lipinski definition) is 3. The molecule has 1 aromatic carbocycles. The van der Waals surface area contributed by atoms with Crippen molar-refractivity contribution in [3.05, 3.63) is 34.9 Å². The van der Waals surface area contributed by atoms with E-state index in [1.165, 1.54) is 12.1 Å². The first-order valence-electron chi connectivity index (χ1n) is 6.98. The normalized spacial score (nSPS) is 21.9. The first-order chi connectivity index (χ1) is 9.52. The minimum Gasteiger partial charge on any atom is -0.374 e. The summed E-state index contributed by atoms with van der Waals surface area (Å²) in [6.07, 6.45) is 0.0922. The molecule has 112 valence electrons. The van der Waals surface area contributed by atoms with Crippen molar-refractivity contribution < 1.29 is 13.5 Å². The molecule has 0 spiro atoms. The monoisotopic (exact) mass is 284 g/mol. The quantitative estimate of drug-likeness (QED) is 0.918. The molecular weight excluding hydrogens is 262 g/mol. The summed E-state index contributed by atoms with van der Waals surface area (Å²) >= 11 is 0. The number of nitrogens with one attached hydrogen (secondary N) is 1. The fourth-order valence-electron chi connectivity index (χ4n) is 2.62. The number of benzene rings is 1. The lowest BCUT2D eigenvalue weighted by Gasteiger charge is -2.37. The molecule has 0 saturated carbocycles. The first kappa shape index (κ1) is 15.4. The molecule has 0 aliphatic carbocycles. The highest BCUT2D eigenvalue weighted by atomic mass is 19.1. The smallest absolute Gasteiger partial charge is 0.128 e. The van der Waals surface area contributed by atoms with Gasteiger partial charge < -0.3 is 10.1 Å². The van der Waals surface area contributed by atoms with Crippen molar-refractivity contribution in [1.29, 1.82) is 0 Å². The van der Waals surface area contributed by atoms with Gasteiger partial charge in [0.2, 0.25) is 0 Å². The topological polar surface area (TPSA) is 24.5 Å². The van der Waals surface area contributed by atoms with Gasteiger partial charge in [-0.1, -0.05) is 0 Å². The van der Waals surface area contributed by atoms with Crippen LogP contribution in [0.25, 0.3) is 0 Å². The molecule has 1 heterocycles. The van der Waals surface area contributed by atoms with Crippen molar-refractivity contribution in [2.45, 2.75) is 26.0 Å². The number of hydrogen-bond donors (Lipinski definition) is 1. The van der Waals surface area contributed by atoms with E-state index in [0.717, 1.165) is 19.6 Å². The predicted molar refractivity (Wildman–Crippen MR) is 74.7 cm³/mol. The zero-order valence-corrected chi connectivity index (χ0v) is 12.2. The van der Waals surface area contributed by atoms with E-state index >= 15 is 0 Å². The van der Waals surface area contributed by atoms with E-state index in [2.05, 4.69) is 10.2 Å². The first-order valence-corrected chi connectivity index (χ1v) is 6.98. The van der Waals surface area contributed by atoms with Crippen LogP contribution in [0.5, 0.6) is 0 Å². The van der Waals surface area contributed by atoms with Crippen LogP contribution in [-0.2, 0) is 4.74 Å². The molecule has 0 radical (unpaired) electrons. The summed E-state index contributed by atoms with van der Waals surface area (Å²) in [6.45, 7) is 6.31. The van der Waals surface area contributed by atoms with Crippen LogP contribution in [0.4, 0.5) is 8.78 Å². The average molecular weight is 284 g/mol. The minimum absolute atomic E-state index is 0.0922. The van der Waals surface area contributed by atoms with Crippen LogP contribution in [-0.4, -0.2) is 44.3 Å². The second kappa shape index (κ2) is 6.61. The van der Waals surface area contributed by atoms with E-state index in [4.69, 9.17) is 4.74 Å². The minimum atomic E-state index is -0.353. The van der Waals surface area contributed by atoms with Crippen molar-refractivity contribution in [3.8, 4) is 0 Å². The van der Waals surface area contributed by atoms with Gasteiger partial charge in [0.25, 0.3) is 0 Å². The molecule has 1 aliphatic heterocycles. The number of morpholine rings is 1. The Labute approximate surface area is 118 Å². The Kier molecular flexibility index (Phi) is 5.07. The van der Waals surface area contributed by atoms with Gasteiger partial charge in [-0.2, -0.15) is 0 Å². The summed E-state index contributed by atoms with van der Waals surface area (Å²) < 4.78 is 33.3. The van der Waals surface area contributed by atoms with E-state index in [1.807, 2.05) is 14.0 Å². The van der Waals surface area contributed by atoms with Crippen LogP contribution < -0.4 is 5.32 Å². The second-order valence-electron chi connectivity index (χ2n) is 5.34. The largest absolute Gasteiger partial charge is 0.374 e. The molecule has 0 aromatic heterocycles. The van der Waals surface area contributed by atoms with E-state index in [0.29, 0.717) is 17.7 Å². The van der Waals surface area contributed by atoms with Gasteiger partial charge in [0.1, 0.15) is 11.6 Å². The van der Waals surface area contributed by atoms with Gasteiger partial charge in [-0.3, -0.25) is 4.90 Å². The fraction of sp³-hybridized carbons (Fsp3) is 0.600. The highest BCUT2D eigenvalue weighted by Crippen LogP contribution is 2.26. The van der Waals surface area contributed by atoms with Crippen LogP contribution in [0.1, 0.15) is 24.1 Å². The summed E-state index contributed by atoms with van der Waals surface area (Å²) in [5.41, 5.74) is 0.756. The van der Waals surface area contributed by atoms with E-state index in [1.54, 1.807) is 6.92 Å². The molecule has 1 saturated heterocycles. The van der Waals surface area contributed by atoms with Gasteiger partial charge in [-0.05, 0) is 38.6 Å². The Bertz CT molecular complexity index is 465. The Balaban J connectivity index is 2.14. The van der Waals surface area contributed by atoms with Gasteiger partial charge >= 0.3 is 0 Å². The Morgan fingerprint density at radius 1 is 1.40 bits per heavy atom. The lowest BCUT2D eigenvalue weighted by molar-refractivity contribution is -0.0397. The Morgan fingerprint density at radius 2 is 2.15 bits per heavy atom. The molecule has 1 fully saturated rings.